The summed E-state index contributed by atoms with van der Waals surface area (Å²) in [5.41, 5.74) is 6.30. The lowest BCUT2D eigenvalue weighted by atomic mass is 10.1. The Morgan fingerprint density at radius 2 is 1.56 bits per heavy atom. The average molecular weight is 576 g/mol. The lowest BCUT2D eigenvalue weighted by Crippen LogP contribution is -2.34. The van der Waals surface area contributed by atoms with Crippen molar-refractivity contribution in [3.63, 3.8) is 0 Å². The number of para-hydroxylation sites is 2. The third kappa shape index (κ3) is 6.13. The minimum absolute atomic E-state index is 0.110. The molecule has 0 spiro atoms. The molecule has 3 heterocycles. The Kier molecular flexibility index (Phi) is 7.70. The van der Waals surface area contributed by atoms with E-state index in [1.165, 1.54) is 41.5 Å². The quantitative estimate of drug-likeness (QED) is 0.231. The zero-order chi connectivity index (χ0) is 27.6. The van der Waals surface area contributed by atoms with Gasteiger partial charge in [-0.2, -0.15) is 0 Å². The minimum atomic E-state index is -4.90. The van der Waals surface area contributed by atoms with Gasteiger partial charge in [-0.15, -0.1) is 0 Å². The molecule has 4 aromatic rings. The second-order valence-corrected chi connectivity index (χ2v) is 12.8. The first-order valence-electron chi connectivity index (χ1n) is 11.6. The number of anilines is 1. The Balaban J connectivity index is 1.29. The number of aliphatic hydroxyl groups is 2. The summed E-state index contributed by atoms with van der Waals surface area (Å²) in [5, 5.41) is 21.1. The largest absolute Gasteiger partial charge is 0.778 e. The molecule has 0 amide bonds. The number of nitrogen functional groups attached to an aromatic ring is 1. The molecule has 16 heteroatoms. The molecular formula is C23H24N5O9P2-. The number of imidazole rings is 1. The summed E-state index contributed by atoms with van der Waals surface area (Å²) in [7, 11) is -9.25. The minimum Gasteiger partial charge on any atom is -0.778 e. The SMILES string of the molecule is Nc1ncnc2c1ncn2[C@H]1O[C@@H](COP(=O)([O-])CP(=O)(Oc2ccccc2)Oc2ccccc2)C(O)C1O. The fourth-order valence-electron chi connectivity index (χ4n) is 3.95. The molecule has 0 aliphatic carbocycles. The lowest BCUT2D eigenvalue weighted by molar-refractivity contribution is -0.200. The van der Waals surface area contributed by atoms with E-state index < -0.39 is 52.2 Å². The van der Waals surface area contributed by atoms with Crippen LogP contribution in [0, 0.1) is 0 Å². The molecule has 39 heavy (non-hydrogen) atoms. The van der Waals surface area contributed by atoms with Crippen LogP contribution in [-0.2, 0) is 18.4 Å². The van der Waals surface area contributed by atoms with Crippen LogP contribution < -0.4 is 19.7 Å². The van der Waals surface area contributed by atoms with Crippen LogP contribution in [0.1, 0.15) is 6.23 Å². The zero-order valence-corrected chi connectivity index (χ0v) is 22.0. The van der Waals surface area contributed by atoms with Crippen LogP contribution in [0.15, 0.2) is 73.3 Å². The van der Waals surface area contributed by atoms with Crippen LogP contribution >= 0.6 is 15.2 Å². The van der Waals surface area contributed by atoms with Crippen molar-refractivity contribution < 1.29 is 42.5 Å². The number of nitrogens with zero attached hydrogens (tertiary/aromatic N) is 4. The summed E-state index contributed by atoms with van der Waals surface area (Å²) >= 11 is 0. The Morgan fingerprint density at radius 1 is 0.949 bits per heavy atom. The van der Waals surface area contributed by atoms with Gasteiger partial charge in [0.2, 0.25) is 0 Å². The highest BCUT2D eigenvalue weighted by Gasteiger charge is 2.45. The second-order valence-electron chi connectivity index (χ2n) is 8.60. The summed E-state index contributed by atoms with van der Waals surface area (Å²) in [6.07, 6.45) is -2.95. The molecule has 1 saturated heterocycles. The molecule has 0 saturated carbocycles. The van der Waals surface area contributed by atoms with Gasteiger partial charge in [-0.3, -0.25) is 4.57 Å². The average Bonchev–Trinajstić information content (AvgIpc) is 3.45. The number of ether oxygens (including phenoxy) is 1. The normalized spacial score (nSPS) is 22.9. The number of fused-ring (bicyclic) bond motifs is 1. The number of aromatic nitrogens is 4. The van der Waals surface area contributed by atoms with Crippen molar-refractivity contribution in [2.75, 3.05) is 18.2 Å². The smallest absolute Gasteiger partial charge is 0.439 e. The van der Waals surface area contributed by atoms with E-state index in [0.717, 1.165) is 0 Å². The maximum absolute atomic E-state index is 13.6. The van der Waals surface area contributed by atoms with Crippen LogP contribution in [0.2, 0.25) is 0 Å². The topological polar surface area (TPSA) is 204 Å². The van der Waals surface area contributed by atoms with E-state index in [1.54, 1.807) is 36.4 Å². The van der Waals surface area contributed by atoms with Gasteiger partial charge in [0, 0.05) is 0 Å². The third-order valence-corrected chi connectivity index (χ3v) is 10.0. The monoisotopic (exact) mass is 576 g/mol. The van der Waals surface area contributed by atoms with E-state index in [0.29, 0.717) is 0 Å². The van der Waals surface area contributed by atoms with Gasteiger partial charge < -0.3 is 43.7 Å². The highest BCUT2D eigenvalue weighted by Crippen LogP contribution is 2.59. The maximum atomic E-state index is 13.6. The molecule has 1 aliphatic heterocycles. The van der Waals surface area contributed by atoms with Crippen molar-refractivity contribution in [3.8, 4) is 11.5 Å². The Labute approximate surface area is 222 Å². The fourth-order valence-corrected chi connectivity index (χ4v) is 7.74. The van der Waals surface area contributed by atoms with Crippen LogP contribution in [-0.4, -0.2) is 60.6 Å². The van der Waals surface area contributed by atoms with E-state index in [4.69, 9.17) is 24.0 Å². The van der Waals surface area contributed by atoms with Gasteiger partial charge in [0.25, 0.3) is 0 Å². The number of hydrogen-bond acceptors (Lipinski definition) is 13. The van der Waals surface area contributed by atoms with Gasteiger partial charge in [-0.1, -0.05) is 36.4 Å². The van der Waals surface area contributed by atoms with E-state index in [1.807, 2.05) is 0 Å². The highest BCUT2D eigenvalue weighted by atomic mass is 31.2. The van der Waals surface area contributed by atoms with Gasteiger partial charge in [0.05, 0.1) is 12.9 Å². The number of nitrogens with two attached hydrogens (primary N) is 1. The molecular weight excluding hydrogens is 552 g/mol. The van der Waals surface area contributed by atoms with E-state index in [9.17, 15) is 24.2 Å². The summed E-state index contributed by atoms with van der Waals surface area (Å²) in [6.45, 7) is -0.685. The predicted octanol–water partition coefficient (Wildman–Crippen LogP) is 1.91. The third-order valence-electron chi connectivity index (χ3n) is 5.76. The highest BCUT2D eigenvalue weighted by molar-refractivity contribution is 7.70. The summed E-state index contributed by atoms with van der Waals surface area (Å²) in [5.74, 6) is -0.733. The number of aliphatic hydroxyl groups excluding tert-OH is 2. The zero-order valence-electron chi connectivity index (χ0n) is 20.2. The molecule has 1 aliphatic rings. The van der Waals surface area contributed by atoms with Crippen molar-refractivity contribution in [1.29, 1.82) is 0 Å². The van der Waals surface area contributed by atoms with E-state index in [-0.39, 0.29) is 28.5 Å². The Morgan fingerprint density at radius 3 is 2.18 bits per heavy atom. The summed E-state index contributed by atoms with van der Waals surface area (Å²) in [6, 6.07) is 15.9. The van der Waals surface area contributed by atoms with Gasteiger partial charge in [-0.05, 0) is 24.3 Å². The standard InChI is InChI=1S/C23H25N5O9P2/c24-21-18-22(26-12-25-21)28(13-27-18)23-20(30)19(29)17(35-23)11-34-38(31,32)14-39(33,36-15-7-3-1-4-8-15)37-16-9-5-2-6-10-16/h1-10,12-13,17,19-20,23,29-30H,11,14H2,(H,31,32)(H2,24,25,26)/p-1/t17-,19?,20?,23-/m0/s1. The van der Waals surface area contributed by atoms with Crippen LogP contribution in [0.25, 0.3) is 11.2 Å². The first kappa shape index (κ1) is 27.2. The molecule has 3 unspecified atom stereocenters. The maximum Gasteiger partial charge on any atom is 0.439 e. The molecule has 1 fully saturated rings. The molecule has 5 rings (SSSR count). The number of hydrogen-bond donors (Lipinski definition) is 3. The van der Waals surface area contributed by atoms with Crippen molar-refractivity contribution in [2.24, 2.45) is 0 Å². The summed E-state index contributed by atoms with van der Waals surface area (Å²) in [4.78, 5) is 24.9. The molecule has 0 bridgehead atoms. The number of rotatable bonds is 10. The fraction of sp³-hybridized carbons (Fsp3) is 0.261. The molecule has 14 nitrogen and oxygen atoms in total. The van der Waals surface area contributed by atoms with Crippen molar-refractivity contribution >= 4 is 32.2 Å². The summed E-state index contributed by atoms with van der Waals surface area (Å²) < 4.78 is 49.6. The van der Waals surface area contributed by atoms with Gasteiger partial charge >= 0.3 is 7.60 Å². The Bertz CT molecular complexity index is 1480. The molecule has 2 aromatic heterocycles. The molecule has 5 atom stereocenters. The molecule has 0 radical (unpaired) electrons. The van der Waals surface area contributed by atoms with Crippen molar-refractivity contribution in [1.82, 2.24) is 19.5 Å². The second kappa shape index (κ2) is 11.0. The molecule has 4 N–H and O–H groups in total. The predicted molar refractivity (Wildman–Crippen MR) is 136 cm³/mol. The van der Waals surface area contributed by atoms with Crippen molar-refractivity contribution in [3.05, 3.63) is 73.3 Å². The first-order chi connectivity index (χ1) is 18.6. The van der Waals surface area contributed by atoms with E-state index >= 15 is 0 Å². The molecule has 2 aromatic carbocycles. The Hall–Kier alpha value is -3.35. The molecule has 206 valence electrons. The van der Waals surface area contributed by atoms with Gasteiger partial charge in [0.1, 0.15) is 55.2 Å². The van der Waals surface area contributed by atoms with Crippen LogP contribution in [0.4, 0.5) is 5.82 Å². The van der Waals surface area contributed by atoms with Crippen LogP contribution in [0.3, 0.4) is 0 Å². The van der Waals surface area contributed by atoms with E-state index in [2.05, 4.69) is 15.0 Å². The lowest BCUT2D eigenvalue weighted by Gasteiger charge is -2.29. The van der Waals surface area contributed by atoms with Crippen LogP contribution in [0.5, 0.6) is 11.5 Å². The van der Waals surface area contributed by atoms with Crippen molar-refractivity contribution in [2.45, 2.75) is 24.5 Å². The van der Waals surface area contributed by atoms with Gasteiger partial charge in [-0.25, -0.2) is 19.5 Å². The number of benzene rings is 2. The van der Waals surface area contributed by atoms with Gasteiger partial charge in [0.15, 0.2) is 17.7 Å². The first-order valence-corrected chi connectivity index (χ1v) is 15.1.